The lowest BCUT2D eigenvalue weighted by molar-refractivity contribution is 0.102. The molecule has 2 aromatic heterocycles. The summed E-state index contributed by atoms with van der Waals surface area (Å²) in [5.41, 5.74) is 10.7. The quantitative estimate of drug-likeness (QED) is 0.326. The Kier molecular flexibility index (Phi) is 8.04. The fraction of sp³-hybridized carbons (Fsp3) is 0.259. The normalized spacial score (nSPS) is 11.8. The third-order valence-corrected chi connectivity index (χ3v) is 5.63. The fourth-order valence-electron chi connectivity index (χ4n) is 3.56. The van der Waals surface area contributed by atoms with Gasteiger partial charge < -0.3 is 16.0 Å². The maximum Gasteiger partial charge on any atom is 0.255 e. The van der Waals surface area contributed by atoms with Crippen LogP contribution in [0, 0.1) is 18.3 Å². The molecule has 0 saturated heterocycles. The highest BCUT2D eigenvalue weighted by Gasteiger charge is 2.21. The highest BCUT2D eigenvalue weighted by atomic mass is 16.1. The number of nitrogens with two attached hydrogens (primary N) is 2. The summed E-state index contributed by atoms with van der Waals surface area (Å²) in [5.74, 6) is 6.00. The predicted molar refractivity (Wildman–Crippen MR) is 142 cm³/mol. The Labute approximate surface area is 212 Å². The van der Waals surface area contributed by atoms with E-state index in [1.807, 2.05) is 51.9 Å². The molecule has 186 valence electrons. The van der Waals surface area contributed by atoms with E-state index in [0.717, 1.165) is 23.2 Å². The number of carbonyl (C=O) groups excluding carboxylic acids is 1. The summed E-state index contributed by atoms with van der Waals surface area (Å²) in [7, 11) is 3.97. The molecule has 2 heterocycles. The van der Waals surface area contributed by atoms with Gasteiger partial charge in [0.05, 0.1) is 40.4 Å². The maximum absolute atomic E-state index is 12.9. The average molecular weight is 485 g/mol. The van der Waals surface area contributed by atoms with E-state index in [0.29, 0.717) is 28.3 Å². The van der Waals surface area contributed by atoms with Crippen molar-refractivity contribution in [2.45, 2.75) is 32.7 Å². The first-order valence-corrected chi connectivity index (χ1v) is 11.4. The molecule has 0 spiro atoms. The van der Waals surface area contributed by atoms with Crippen molar-refractivity contribution >= 4 is 23.0 Å². The predicted octanol–water partition coefficient (Wildman–Crippen LogP) is 3.54. The first kappa shape index (κ1) is 26.3. The number of hydrogen-bond donors (Lipinski definition) is 3. The Morgan fingerprint density at radius 3 is 2.61 bits per heavy atom. The van der Waals surface area contributed by atoms with Crippen molar-refractivity contribution in [3.05, 3.63) is 89.1 Å². The summed E-state index contributed by atoms with van der Waals surface area (Å²) in [4.78, 5) is 23.6. The number of pyridine rings is 2. The molecule has 0 aliphatic rings. The van der Waals surface area contributed by atoms with Crippen LogP contribution in [0.2, 0.25) is 0 Å². The van der Waals surface area contributed by atoms with Gasteiger partial charge in [-0.25, -0.2) is 5.84 Å². The average Bonchev–Trinajstić information content (AvgIpc) is 2.84. The second kappa shape index (κ2) is 11.0. The van der Waals surface area contributed by atoms with E-state index in [2.05, 4.69) is 21.4 Å². The number of benzene rings is 1. The zero-order valence-electron chi connectivity index (χ0n) is 21.3. The van der Waals surface area contributed by atoms with Crippen LogP contribution in [0.4, 0.5) is 11.4 Å². The molecule has 0 radical (unpaired) electrons. The molecule has 0 aliphatic heterocycles. The molecule has 3 rings (SSSR count). The van der Waals surface area contributed by atoms with Crippen LogP contribution in [0.25, 0.3) is 5.70 Å². The van der Waals surface area contributed by atoms with Gasteiger partial charge in [0.25, 0.3) is 5.91 Å². The monoisotopic (exact) mass is 484 g/mol. The fourth-order valence-corrected chi connectivity index (χ4v) is 3.56. The van der Waals surface area contributed by atoms with Crippen LogP contribution in [0.5, 0.6) is 0 Å². The maximum atomic E-state index is 12.9. The number of hydrazine groups is 1. The molecule has 0 unspecified atom stereocenters. The topological polar surface area (TPSA) is 137 Å². The molecule has 0 fully saturated rings. The van der Waals surface area contributed by atoms with Gasteiger partial charge in [0.1, 0.15) is 0 Å². The molecular weight excluding hydrogens is 452 g/mol. The van der Waals surface area contributed by atoms with Crippen molar-refractivity contribution < 1.29 is 4.79 Å². The molecular formula is C27H32N8O. The van der Waals surface area contributed by atoms with Crippen molar-refractivity contribution in [1.29, 1.82) is 5.26 Å². The van der Waals surface area contributed by atoms with Crippen LogP contribution >= 0.6 is 0 Å². The minimum Gasteiger partial charge on any atom is -0.397 e. The minimum absolute atomic E-state index is 0.315. The molecule has 5 N–H and O–H groups in total. The van der Waals surface area contributed by atoms with E-state index >= 15 is 0 Å². The summed E-state index contributed by atoms with van der Waals surface area (Å²) in [6.45, 7) is 6.17. The second-order valence-electron chi connectivity index (χ2n) is 9.41. The zero-order chi connectivity index (χ0) is 26.5. The van der Waals surface area contributed by atoms with Crippen LogP contribution in [0.15, 0.2) is 61.2 Å². The Hall–Kier alpha value is -4.26. The molecule has 9 heteroatoms. The molecule has 0 saturated carbocycles. The van der Waals surface area contributed by atoms with E-state index in [1.165, 1.54) is 5.01 Å². The Balaban J connectivity index is 1.81. The smallest absolute Gasteiger partial charge is 0.255 e. The van der Waals surface area contributed by atoms with E-state index in [9.17, 15) is 10.1 Å². The van der Waals surface area contributed by atoms with Crippen molar-refractivity contribution in [2.24, 2.45) is 11.6 Å². The number of nitrogens with one attached hydrogen (secondary N) is 1. The number of anilines is 2. The first-order valence-electron chi connectivity index (χ1n) is 11.4. The summed E-state index contributed by atoms with van der Waals surface area (Å²) < 4.78 is 0. The van der Waals surface area contributed by atoms with Crippen molar-refractivity contribution in [1.82, 2.24) is 14.9 Å². The standard InChI is InChI=1S/C27H32N8O/c1-18-25(35(30)16-24(29)21-9-19(12-31-13-21)15-34(4)5)11-23(14-32-18)33-26(36)20-7-6-8-22(10-20)27(2,3)17-28/h6-14,16H,15,29-30H2,1-5H3,(H,33,36)/b24-16-. The lowest BCUT2D eigenvalue weighted by Gasteiger charge is -2.19. The molecule has 3 aromatic rings. The van der Waals surface area contributed by atoms with Crippen LogP contribution in [0.1, 0.15) is 46.6 Å². The van der Waals surface area contributed by atoms with Crippen LogP contribution in [-0.2, 0) is 12.0 Å². The van der Waals surface area contributed by atoms with Gasteiger partial charge in [-0.1, -0.05) is 12.1 Å². The van der Waals surface area contributed by atoms with Gasteiger partial charge in [0, 0.05) is 36.3 Å². The van der Waals surface area contributed by atoms with Gasteiger partial charge in [0.15, 0.2) is 0 Å². The Morgan fingerprint density at radius 2 is 1.92 bits per heavy atom. The van der Waals surface area contributed by atoms with Crippen molar-refractivity contribution in [3.63, 3.8) is 0 Å². The van der Waals surface area contributed by atoms with Gasteiger partial charge in [-0.3, -0.25) is 19.8 Å². The van der Waals surface area contributed by atoms with Gasteiger partial charge in [-0.15, -0.1) is 0 Å². The number of aromatic nitrogens is 2. The largest absolute Gasteiger partial charge is 0.397 e. The molecule has 0 atom stereocenters. The van der Waals surface area contributed by atoms with Gasteiger partial charge >= 0.3 is 0 Å². The summed E-state index contributed by atoms with van der Waals surface area (Å²) in [6.07, 6.45) is 6.64. The van der Waals surface area contributed by atoms with Crippen LogP contribution in [0.3, 0.4) is 0 Å². The lowest BCUT2D eigenvalue weighted by atomic mass is 9.85. The van der Waals surface area contributed by atoms with Crippen molar-refractivity contribution in [3.8, 4) is 6.07 Å². The molecule has 9 nitrogen and oxygen atoms in total. The van der Waals surface area contributed by atoms with E-state index in [1.54, 1.807) is 49.1 Å². The zero-order valence-corrected chi connectivity index (χ0v) is 21.3. The summed E-state index contributed by atoms with van der Waals surface area (Å²) in [5, 5.41) is 13.6. The van der Waals surface area contributed by atoms with Crippen molar-refractivity contribution in [2.75, 3.05) is 24.4 Å². The highest BCUT2D eigenvalue weighted by Crippen LogP contribution is 2.25. The van der Waals surface area contributed by atoms with E-state index in [-0.39, 0.29) is 5.91 Å². The van der Waals surface area contributed by atoms with Gasteiger partial charge in [-0.2, -0.15) is 5.26 Å². The van der Waals surface area contributed by atoms with Gasteiger partial charge in [-0.05, 0) is 70.3 Å². The third kappa shape index (κ3) is 6.44. The SMILES string of the molecule is Cc1ncc(NC(=O)c2cccc(C(C)(C)C#N)c2)cc1N(N)/C=C(\N)c1cncc(CN(C)C)c1. The number of hydrogen-bond acceptors (Lipinski definition) is 8. The number of rotatable bonds is 8. The van der Waals surface area contributed by atoms with Gasteiger partial charge in [0.2, 0.25) is 0 Å². The third-order valence-electron chi connectivity index (χ3n) is 5.63. The molecule has 36 heavy (non-hydrogen) atoms. The number of amides is 1. The number of nitrogens with zero attached hydrogens (tertiary/aromatic N) is 5. The summed E-state index contributed by atoms with van der Waals surface area (Å²) in [6, 6.07) is 13.0. The Morgan fingerprint density at radius 1 is 1.17 bits per heavy atom. The highest BCUT2D eigenvalue weighted by molar-refractivity contribution is 6.04. The second-order valence-corrected chi connectivity index (χ2v) is 9.41. The number of aryl methyl sites for hydroxylation is 1. The first-order chi connectivity index (χ1) is 17.0. The van der Waals surface area contributed by atoms with E-state index in [4.69, 9.17) is 11.6 Å². The van der Waals surface area contributed by atoms with E-state index < -0.39 is 5.41 Å². The Bertz CT molecular complexity index is 1320. The van der Waals surface area contributed by atoms with Crippen LogP contribution < -0.4 is 21.9 Å². The van der Waals surface area contributed by atoms with Crippen LogP contribution in [-0.4, -0.2) is 34.9 Å². The molecule has 0 aliphatic carbocycles. The number of carbonyl (C=O) groups is 1. The molecule has 1 aromatic carbocycles. The number of nitriles is 1. The lowest BCUT2D eigenvalue weighted by Crippen LogP contribution is -2.27. The summed E-state index contributed by atoms with van der Waals surface area (Å²) >= 11 is 0. The molecule has 0 bridgehead atoms. The minimum atomic E-state index is -0.706. The molecule has 1 amide bonds.